The molecule has 12 N–H and O–H groups in total. The van der Waals surface area contributed by atoms with E-state index in [4.69, 9.17) is 94.2 Å². The van der Waals surface area contributed by atoms with Crippen LogP contribution in [0.15, 0.2) is 38.0 Å². The number of aliphatic hydroxyl groups is 2. The number of rotatable bonds is 42. The summed E-state index contributed by atoms with van der Waals surface area (Å²) in [6.45, 7) is -7.51. The molecule has 10 unspecified atom stereocenters. The first-order chi connectivity index (χ1) is 48.2. The van der Waals surface area contributed by atoms with Gasteiger partial charge in [0.1, 0.15) is 96.6 Å². The maximum absolute atomic E-state index is 14.3. The second kappa shape index (κ2) is 34.8. The number of methoxy groups -OCH3 is 1. The van der Waals surface area contributed by atoms with Gasteiger partial charge in [0.15, 0.2) is 53.1 Å². The zero-order chi connectivity index (χ0) is 72.3. The van der Waals surface area contributed by atoms with E-state index in [0.29, 0.717) is 17.8 Å². The minimum Gasteiger partial charge on any atom is -0.464 e. The van der Waals surface area contributed by atoms with Crippen LogP contribution in [0, 0.1) is 5.41 Å². The lowest BCUT2D eigenvalue weighted by atomic mass is 9.87. The molecule has 101 heavy (non-hydrogen) atoms. The van der Waals surface area contributed by atoms with Crippen molar-refractivity contribution in [3.05, 3.63) is 38.0 Å². The molecule has 0 aliphatic carbocycles. The van der Waals surface area contributed by atoms with Crippen molar-refractivity contribution < 1.29 is 108 Å². The van der Waals surface area contributed by atoms with Crippen LogP contribution in [0.1, 0.15) is 142 Å². The Kier molecular flexibility index (Phi) is 27.3. The molecule has 0 saturated carbocycles. The number of esters is 1. The van der Waals surface area contributed by atoms with Crippen molar-refractivity contribution >= 4 is 109 Å². The molecule has 0 radical (unpaired) electrons. The van der Waals surface area contributed by atoms with Crippen molar-refractivity contribution in [1.82, 2.24) is 58.6 Å². The number of carbonyl (C=O) groups is 1. The summed E-state index contributed by atoms with van der Waals surface area (Å²) in [4.78, 5) is 96.8. The molecule has 4 aliphatic heterocycles. The van der Waals surface area contributed by atoms with E-state index in [2.05, 4.69) is 51.8 Å². The molecular weight excluding hydrogens is 1450 g/mol. The van der Waals surface area contributed by atoms with Gasteiger partial charge in [-0.2, -0.15) is 0 Å². The normalized spacial score (nSPS) is 27.1. The van der Waals surface area contributed by atoms with Gasteiger partial charge in [0.2, 0.25) is 0 Å². The van der Waals surface area contributed by atoms with Crippen LogP contribution in [0.3, 0.4) is 0 Å². The van der Waals surface area contributed by atoms with Crippen molar-refractivity contribution in [2.75, 3.05) is 76.3 Å². The molecule has 6 aromatic rings. The van der Waals surface area contributed by atoms with Gasteiger partial charge in [-0.15, -0.1) is 0 Å². The maximum atomic E-state index is 14.3. The summed E-state index contributed by atoms with van der Waals surface area (Å²) in [7, 11) is -9.04. The van der Waals surface area contributed by atoms with Crippen LogP contribution in [0.25, 0.3) is 33.5 Å². The summed E-state index contributed by atoms with van der Waals surface area (Å²) in [5, 5.41) is 21.4. The first kappa shape index (κ1) is 79.1. The average Bonchev–Trinajstić information content (AvgIpc) is 1.58. The standard InChI is InChI=1S/C57H89N15O23P4S2/c1-5-6-7-8-9-10-11-12-13-14-15-16-17-18-19-56(2,3)55(75)85-24-25-101-98(80,81)95-45-44-54(72-34-69-39-48(60)63-31-66-51(39)72)92-57(45,20-22-84-44)28-89-99(82,100)94-42-40(74)35(90-52(42)70-32-67-37-46(58)61-29-64-49(37)70)26-88-97(78,79)93-43-41(83-4)36(27-87-96(76,77)86-23-21-73)91-53(43)71-33-68-38-47(59)62-30-65-50(38)71/h29-36,40-45,52-54,73-74H,5-28H2,1-4H3,(H,76,77)(H,78,79)(H,80,81)(H,82,100)(H2,58,61,64)(H2,59,62,65)(H2,60,63,66)/t35-,36-,40?,41?,42?,43?,44?,45?,52-,53-,54-,57+,99?/m1/s1. The fourth-order valence-corrected chi connectivity index (χ4v) is 18.1. The van der Waals surface area contributed by atoms with E-state index in [1.807, 2.05) is 13.8 Å². The van der Waals surface area contributed by atoms with Crippen LogP contribution < -0.4 is 17.2 Å². The predicted octanol–water partition coefficient (Wildman–Crippen LogP) is 6.39. The van der Waals surface area contributed by atoms with Gasteiger partial charge in [-0.3, -0.25) is 45.6 Å². The summed E-state index contributed by atoms with van der Waals surface area (Å²) >= 11 is 6.18. The summed E-state index contributed by atoms with van der Waals surface area (Å²) in [5.41, 5.74) is 16.4. The van der Waals surface area contributed by atoms with Crippen LogP contribution in [0.5, 0.6) is 0 Å². The number of nitrogen functional groups attached to an aromatic ring is 3. The number of anilines is 3. The van der Waals surface area contributed by atoms with E-state index in [9.17, 15) is 43.2 Å². The van der Waals surface area contributed by atoms with Crippen LogP contribution >= 0.6 is 40.5 Å². The van der Waals surface area contributed by atoms with Crippen molar-refractivity contribution in [3.63, 3.8) is 0 Å². The zero-order valence-corrected chi connectivity index (χ0v) is 61.3. The fraction of sp³-hybridized carbons (Fsp3) is 0.719. The van der Waals surface area contributed by atoms with Crippen molar-refractivity contribution in [3.8, 4) is 0 Å². The quantitative estimate of drug-likeness (QED) is 0.0114. The number of aliphatic hydroxyl groups excluding tert-OH is 2. The van der Waals surface area contributed by atoms with Gasteiger partial charge < -0.3 is 79.9 Å². The Balaban J connectivity index is 0.810. The average molecular weight is 1540 g/mol. The third kappa shape index (κ3) is 19.6. The smallest absolute Gasteiger partial charge is 0.464 e. The number of ether oxygens (including phenoxy) is 6. The summed E-state index contributed by atoms with van der Waals surface area (Å²) in [6.07, 6.45) is 7.90. The fourth-order valence-electron chi connectivity index (χ4n) is 12.6. The highest BCUT2D eigenvalue weighted by Gasteiger charge is 2.63. The molecule has 6 aromatic heterocycles. The van der Waals surface area contributed by atoms with Crippen molar-refractivity contribution in [2.24, 2.45) is 5.41 Å². The van der Waals surface area contributed by atoms with Crippen molar-refractivity contribution in [2.45, 2.75) is 197 Å². The Hall–Kier alpha value is -4.51. The zero-order valence-electron chi connectivity index (χ0n) is 56.1. The highest BCUT2D eigenvalue weighted by Crippen LogP contribution is 2.62. The Bertz CT molecular complexity index is 3950. The molecule has 10 heterocycles. The number of aromatic nitrogens is 12. The molecule has 0 amide bonds. The molecule has 44 heteroatoms. The summed E-state index contributed by atoms with van der Waals surface area (Å²) < 4.78 is 122. The van der Waals surface area contributed by atoms with Crippen LogP contribution in [0.4, 0.5) is 17.5 Å². The van der Waals surface area contributed by atoms with E-state index >= 15 is 0 Å². The molecule has 4 fully saturated rings. The lowest BCUT2D eigenvalue weighted by Gasteiger charge is -2.39. The highest BCUT2D eigenvalue weighted by atomic mass is 32.7. The predicted molar refractivity (Wildman–Crippen MR) is 365 cm³/mol. The number of phosphoric acid groups is 2. The van der Waals surface area contributed by atoms with E-state index in [0.717, 1.165) is 38.3 Å². The Morgan fingerprint density at radius 2 is 1.16 bits per heavy atom. The van der Waals surface area contributed by atoms with Crippen LogP contribution in [-0.2, 0) is 90.4 Å². The van der Waals surface area contributed by atoms with Gasteiger partial charge >= 0.3 is 35.1 Å². The molecule has 16 atom stereocenters. The van der Waals surface area contributed by atoms with E-state index in [1.165, 1.54) is 110 Å². The molecule has 4 saturated heterocycles. The molecular formula is C57H89N15O23P4S2. The third-order valence-corrected chi connectivity index (χ3v) is 24.3. The van der Waals surface area contributed by atoms with E-state index < -0.39 is 147 Å². The van der Waals surface area contributed by atoms with Gasteiger partial charge in [-0.1, -0.05) is 96.8 Å². The van der Waals surface area contributed by atoms with E-state index in [-0.39, 0.29) is 76.3 Å². The molecule has 2 bridgehead atoms. The summed E-state index contributed by atoms with van der Waals surface area (Å²) in [6, 6.07) is 0. The monoisotopic (exact) mass is 1540 g/mol. The maximum Gasteiger partial charge on any atom is 0.472 e. The first-order valence-corrected chi connectivity index (χ1v) is 41.9. The number of hydrogen-bond acceptors (Lipinski definition) is 33. The number of unbranched alkanes of at least 4 members (excludes halogenated alkanes) is 13. The number of imidazole rings is 3. The van der Waals surface area contributed by atoms with Gasteiger partial charge in [-0.05, 0) is 43.5 Å². The second-order valence-electron chi connectivity index (χ2n) is 25.4. The van der Waals surface area contributed by atoms with Gasteiger partial charge in [0.05, 0.1) is 64.0 Å². The first-order valence-electron chi connectivity index (χ1n) is 33.2. The van der Waals surface area contributed by atoms with Gasteiger partial charge in [0.25, 0.3) is 0 Å². The molecule has 0 aromatic carbocycles. The number of nitrogens with two attached hydrogens (primary N) is 3. The number of fused-ring (bicyclic) bond motifs is 5. The molecule has 4 aliphatic rings. The minimum absolute atomic E-state index is 0.0291. The van der Waals surface area contributed by atoms with E-state index in [1.54, 1.807) is 0 Å². The molecule has 0 spiro atoms. The SMILES string of the molecule is CCCCCCCCCCCCCCCCC(C)(C)C(=O)OCCSP(=O)(O)OC1C2OCC[C@@]1(COP(O)(=S)OC1C(O)[C@@H](COP(=O)(O)OC3C(OC)[C@@H](COP(=O)(O)OCCO)O[C@H]3n3cnc4c(N)ncnc43)O[C@H]1n1cnc3c(N)ncnc31)O[C@H]2n1cnc2c(N)ncnc21. The minimum atomic E-state index is -5.42. The Morgan fingerprint density at radius 1 is 0.653 bits per heavy atom. The summed E-state index contributed by atoms with van der Waals surface area (Å²) in [5.74, 6) is -0.659. The topological polar surface area (TPSA) is 519 Å². The van der Waals surface area contributed by atoms with Crippen LogP contribution in [0.2, 0.25) is 0 Å². The number of carbonyl (C=O) groups excluding carboxylic acids is 1. The van der Waals surface area contributed by atoms with Gasteiger partial charge in [0, 0.05) is 19.3 Å². The largest absolute Gasteiger partial charge is 0.472 e. The van der Waals surface area contributed by atoms with Crippen LogP contribution in [-0.4, -0.2) is 208 Å². The number of phosphoric ester groups is 2. The Morgan fingerprint density at radius 3 is 1.70 bits per heavy atom. The Labute approximate surface area is 589 Å². The second-order valence-corrected chi connectivity index (χ2v) is 35.0. The molecule has 38 nitrogen and oxygen atoms in total. The molecule has 562 valence electrons. The van der Waals surface area contributed by atoms with Gasteiger partial charge in [-0.25, -0.2) is 58.6 Å². The van der Waals surface area contributed by atoms with Crippen molar-refractivity contribution in [1.29, 1.82) is 0 Å². The highest BCUT2D eigenvalue weighted by molar-refractivity contribution is 8.54. The lowest BCUT2D eigenvalue weighted by molar-refractivity contribution is -0.153. The lowest BCUT2D eigenvalue weighted by Crippen LogP contribution is -2.52. The third-order valence-electron chi connectivity index (χ3n) is 17.8. The number of hydrogen-bond donors (Lipinski definition) is 9. The number of nitrogens with zero attached hydrogens (tertiary/aromatic N) is 12. The molecule has 10 rings (SSSR count).